The van der Waals surface area contributed by atoms with Crippen molar-refractivity contribution in [1.82, 2.24) is 15.1 Å². The van der Waals surface area contributed by atoms with E-state index in [1.165, 1.54) is 6.42 Å². The third-order valence-corrected chi connectivity index (χ3v) is 4.71. The fourth-order valence-electron chi connectivity index (χ4n) is 3.29. The van der Waals surface area contributed by atoms with Gasteiger partial charge in [0.2, 0.25) is 0 Å². The number of anilines is 1. The fourth-order valence-corrected chi connectivity index (χ4v) is 3.29. The van der Waals surface area contributed by atoms with E-state index in [0.29, 0.717) is 5.75 Å². The first kappa shape index (κ1) is 19.4. The van der Waals surface area contributed by atoms with Gasteiger partial charge in [-0.1, -0.05) is 26.0 Å². The van der Waals surface area contributed by atoms with E-state index in [1.54, 1.807) is 6.07 Å². The van der Waals surface area contributed by atoms with Crippen LogP contribution in [0.15, 0.2) is 29.3 Å². The number of para-hydroxylation sites is 2. The molecule has 1 aliphatic heterocycles. The third kappa shape index (κ3) is 5.53. The average molecular weight is 348 g/mol. The predicted molar refractivity (Wildman–Crippen MR) is 106 cm³/mol. The van der Waals surface area contributed by atoms with E-state index >= 15 is 0 Å². The Bertz CT molecular complexity index is 540. The molecule has 0 spiro atoms. The van der Waals surface area contributed by atoms with Crippen molar-refractivity contribution in [3.05, 3.63) is 24.3 Å². The Morgan fingerprint density at radius 1 is 1.16 bits per heavy atom. The van der Waals surface area contributed by atoms with Crippen LogP contribution < -0.4 is 10.2 Å². The summed E-state index contributed by atoms with van der Waals surface area (Å²) in [6.07, 6.45) is 1.19. The average Bonchev–Trinajstić information content (AvgIpc) is 2.65. The van der Waals surface area contributed by atoms with Crippen LogP contribution in [0.4, 0.5) is 5.69 Å². The quantitative estimate of drug-likeness (QED) is 0.582. The summed E-state index contributed by atoms with van der Waals surface area (Å²) in [7, 11) is 1.85. The third-order valence-electron chi connectivity index (χ3n) is 4.71. The lowest BCUT2D eigenvalue weighted by molar-refractivity contribution is 0.289. The van der Waals surface area contributed by atoms with Crippen LogP contribution in [0.2, 0.25) is 0 Å². The number of nitrogens with one attached hydrogen (secondary N) is 1. The van der Waals surface area contributed by atoms with E-state index in [9.17, 15) is 5.11 Å². The van der Waals surface area contributed by atoms with E-state index in [2.05, 4.69) is 38.9 Å². The second-order valence-corrected chi connectivity index (χ2v) is 6.37. The van der Waals surface area contributed by atoms with Crippen LogP contribution in [0.1, 0.15) is 20.3 Å². The molecule has 0 unspecified atom stereocenters. The minimum absolute atomic E-state index is 0.356. The van der Waals surface area contributed by atoms with Gasteiger partial charge in [-0.05, 0) is 31.6 Å². The van der Waals surface area contributed by atoms with E-state index in [-0.39, 0.29) is 0 Å². The minimum Gasteiger partial charge on any atom is -0.506 e. The van der Waals surface area contributed by atoms with Gasteiger partial charge in [0.1, 0.15) is 5.75 Å². The van der Waals surface area contributed by atoms with E-state index < -0.39 is 0 Å². The minimum atomic E-state index is 0.356. The number of hydrogen-bond acceptors (Lipinski definition) is 4. The van der Waals surface area contributed by atoms with E-state index in [1.807, 2.05) is 25.2 Å². The molecule has 0 aliphatic carbocycles. The van der Waals surface area contributed by atoms with Crippen LogP contribution >= 0.6 is 0 Å². The van der Waals surface area contributed by atoms with Crippen LogP contribution in [-0.2, 0) is 0 Å². The largest absolute Gasteiger partial charge is 0.506 e. The molecule has 0 saturated carbocycles. The molecule has 6 nitrogen and oxygen atoms in total. The van der Waals surface area contributed by atoms with Crippen molar-refractivity contribution in [2.45, 2.75) is 20.3 Å². The lowest BCUT2D eigenvalue weighted by Crippen LogP contribution is -2.53. The Morgan fingerprint density at radius 3 is 2.48 bits per heavy atom. The van der Waals surface area contributed by atoms with Gasteiger partial charge in [0.15, 0.2) is 5.96 Å². The van der Waals surface area contributed by atoms with E-state index in [0.717, 1.165) is 64.0 Å². The summed E-state index contributed by atoms with van der Waals surface area (Å²) in [5.74, 6) is 1.33. The number of likely N-dealkylation sites (N-methyl/N-ethyl adjacent to an activating group) is 1. The highest BCUT2D eigenvalue weighted by Crippen LogP contribution is 2.27. The molecule has 0 bridgehead atoms. The van der Waals surface area contributed by atoms with Gasteiger partial charge >= 0.3 is 0 Å². The highest BCUT2D eigenvalue weighted by atomic mass is 16.3. The lowest BCUT2D eigenvalue weighted by Gasteiger charge is -2.38. The topological polar surface area (TPSA) is 54.3 Å². The van der Waals surface area contributed by atoms with Crippen LogP contribution in [0, 0.1) is 0 Å². The van der Waals surface area contributed by atoms with Crippen molar-refractivity contribution in [1.29, 1.82) is 0 Å². The van der Waals surface area contributed by atoms with Crippen molar-refractivity contribution < 1.29 is 5.11 Å². The molecule has 1 aromatic carbocycles. The number of guanidine groups is 1. The monoisotopic (exact) mass is 347 g/mol. The number of rotatable bonds is 7. The van der Waals surface area contributed by atoms with Crippen molar-refractivity contribution in [3.63, 3.8) is 0 Å². The van der Waals surface area contributed by atoms with Gasteiger partial charge in [0.05, 0.1) is 5.69 Å². The Labute approximate surface area is 152 Å². The van der Waals surface area contributed by atoms with Crippen LogP contribution in [0.3, 0.4) is 0 Å². The van der Waals surface area contributed by atoms with Gasteiger partial charge in [-0.25, -0.2) is 0 Å². The normalized spacial score (nSPS) is 15.8. The van der Waals surface area contributed by atoms with Crippen LogP contribution in [0.5, 0.6) is 5.75 Å². The number of phenolic OH excluding ortho intramolecular Hbond substituents is 1. The molecule has 6 heteroatoms. The summed E-state index contributed by atoms with van der Waals surface area (Å²) in [5.41, 5.74) is 0.920. The Morgan fingerprint density at radius 2 is 1.88 bits per heavy atom. The Balaban J connectivity index is 1.81. The number of phenols is 1. The summed E-state index contributed by atoms with van der Waals surface area (Å²) in [6.45, 7) is 12.2. The molecule has 25 heavy (non-hydrogen) atoms. The van der Waals surface area contributed by atoms with Crippen molar-refractivity contribution in [2.24, 2.45) is 4.99 Å². The molecule has 0 aromatic heterocycles. The molecule has 2 rings (SSSR count). The fraction of sp³-hybridized carbons (Fsp3) is 0.632. The zero-order valence-corrected chi connectivity index (χ0v) is 15.9. The van der Waals surface area contributed by atoms with E-state index in [4.69, 9.17) is 0 Å². The zero-order valence-electron chi connectivity index (χ0n) is 15.9. The zero-order chi connectivity index (χ0) is 18.1. The van der Waals surface area contributed by atoms with Crippen LogP contribution in [0.25, 0.3) is 0 Å². The van der Waals surface area contributed by atoms with Gasteiger partial charge < -0.3 is 25.1 Å². The molecule has 1 saturated heterocycles. The molecule has 0 radical (unpaired) electrons. The molecule has 1 aliphatic rings. The highest BCUT2D eigenvalue weighted by Gasteiger charge is 2.21. The molecule has 0 atom stereocenters. The van der Waals surface area contributed by atoms with Gasteiger partial charge in [0, 0.05) is 46.3 Å². The van der Waals surface area contributed by atoms with Gasteiger partial charge in [-0.15, -0.1) is 0 Å². The summed E-state index contributed by atoms with van der Waals surface area (Å²) in [5, 5.41) is 13.5. The second-order valence-electron chi connectivity index (χ2n) is 6.37. The maximum absolute atomic E-state index is 10.0. The number of hydrogen-bond donors (Lipinski definition) is 2. The number of nitrogens with zero attached hydrogens (tertiary/aromatic N) is 4. The second kappa shape index (κ2) is 10.1. The van der Waals surface area contributed by atoms with Crippen LogP contribution in [-0.4, -0.2) is 80.3 Å². The number of aliphatic imine (C=N–C) groups is 1. The highest BCUT2D eigenvalue weighted by molar-refractivity contribution is 5.80. The first-order valence-corrected chi connectivity index (χ1v) is 9.40. The van der Waals surface area contributed by atoms with Gasteiger partial charge in [0.25, 0.3) is 0 Å². The molecule has 1 heterocycles. The molecule has 140 valence electrons. The SMILES string of the molecule is CCCN(CC)CCNC(=NC)N1CCN(c2ccccc2O)CC1. The van der Waals surface area contributed by atoms with Gasteiger partial charge in [-0.2, -0.15) is 0 Å². The molecule has 0 amide bonds. The molecule has 1 aromatic rings. The maximum Gasteiger partial charge on any atom is 0.193 e. The predicted octanol–water partition coefficient (Wildman–Crippen LogP) is 1.82. The van der Waals surface area contributed by atoms with Crippen molar-refractivity contribution >= 4 is 11.6 Å². The summed E-state index contributed by atoms with van der Waals surface area (Å²) < 4.78 is 0. The van der Waals surface area contributed by atoms with Gasteiger partial charge in [-0.3, -0.25) is 4.99 Å². The summed E-state index contributed by atoms with van der Waals surface area (Å²) >= 11 is 0. The first-order chi connectivity index (χ1) is 12.2. The van der Waals surface area contributed by atoms with Crippen molar-refractivity contribution in [3.8, 4) is 5.75 Å². The maximum atomic E-state index is 10.0. The summed E-state index contributed by atoms with van der Waals surface area (Å²) in [4.78, 5) is 11.4. The standard InChI is InChI=1S/C19H33N5O/c1-4-11-22(5-2)12-10-21-19(20-3)24-15-13-23(14-16-24)17-8-6-7-9-18(17)25/h6-9,25H,4-5,10-16H2,1-3H3,(H,20,21). The Kier molecular flexibility index (Phi) is 7.85. The molecule has 2 N–H and O–H groups in total. The number of aromatic hydroxyl groups is 1. The molecule has 1 fully saturated rings. The number of piperazine rings is 1. The lowest BCUT2D eigenvalue weighted by atomic mass is 10.2. The molecular formula is C19H33N5O. The van der Waals surface area contributed by atoms with Crippen molar-refractivity contribution in [2.75, 3.05) is 64.3 Å². The number of benzene rings is 1. The molecular weight excluding hydrogens is 314 g/mol. The smallest absolute Gasteiger partial charge is 0.193 e. The first-order valence-electron chi connectivity index (χ1n) is 9.40. The Hall–Kier alpha value is -1.95. The summed E-state index contributed by atoms with van der Waals surface area (Å²) in [6, 6.07) is 7.56.